The molecule has 3 nitrogen and oxygen atoms in total. The highest BCUT2D eigenvalue weighted by atomic mass is 32.1. The minimum absolute atomic E-state index is 0.206. The number of hydrogen-bond acceptors (Lipinski definition) is 4. The van der Waals surface area contributed by atoms with E-state index in [4.69, 9.17) is 14.4 Å². The standard InChI is InChI=1S/C48H38N2OS/c1-32-29-43(35-27-25-34(26-28-35)33-13-3-2-4-14-33)49-46(24-10-5-15-38-31-52-45-23-9-7-18-39(38)45)50-47(32)37-17-11-16-36(30-37)40-20-12-21-42-41-19-6-8-22-44(41)51-48(40)42/h2-15,17-19,21-28,30-31,36,40,47H,1,16,20,29H2/b15-5-,24-10+. The summed E-state index contributed by atoms with van der Waals surface area (Å²) >= 11 is 1.77. The minimum atomic E-state index is -0.206. The third-order valence-electron chi connectivity index (χ3n) is 10.4. The van der Waals surface area contributed by atoms with Gasteiger partial charge in [-0.05, 0) is 81.1 Å². The molecule has 52 heavy (non-hydrogen) atoms. The molecule has 0 saturated carbocycles. The number of aliphatic imine (C=N–C) groups is 2. The van der Waals surface area contributed by atoms with E-state index in [1.165, 1.54) is 43.3 Å². The van der Waals surface area contributed by atoms with Gasteiger partial charge in [0.2, 0.25) is 0 Å². The Balaban J connectivity index is 1.04. The van der Waals surface area contributed by atoms with Crippen molar-refractivity contribution >= 4 is 56.1 Å². The fraction of sp³-hybridized carbons (Fsp3) is 0.125. The van der Waals surface area contributed by atoms with Gasteiger partial charge in [-0.2, -0.15) is 0 Å². The zero-order valence-electron chi connectivity index (χ0n) is 28.9. The van der Waals surface area contributed by atoms with E-state index >= 15 is 0 Å². The van der Waals surface area contributed by atoms with Crippen molar-refractivity contribution in [1.82, 2.24) is 0 Å². The average molecular weight is 691 g/mol. The van der Waals surface area contributed by atoms with Crippen LogP contribution in [0.3, 0.4) is 0 Å². The van der Waals surface area contributed by atoms with E-state index in [2.05, 4.69) is 152 Å². The van der Waals surface area contributed by atoms with Crippen LogP contribution < -0.4 is 0 Å². The first kappa shape index (κ1) is 32.1. The summed E-state index contributed by atoms with van der Waals surface area (Å²) in [4.78, 5) is 10.5. The second-order valence-electron chi connectivity index (χ2n) is 13.7. The molecule has 3 atom stereocenters. The van der Waals surface area contributed by atoms with Crippen LogP contribution in [0.2, 0.25) is 0 Å². The van der Waals surface area contributed by atoms with Gasteiger partial charge in [-0.15, -0.1) is 11.3 Å². The molecular formula is C48H38N2OS. The molecule has 0 spiro atoms. The second-order valence-corrected chi connectivity index (χ2v) is 14.6. The number of fused-ring (bicyclic) bond motifs is 4. The van der Waals surface area contributed by atoms with E-state index in [9.17, 15) is 0 Å². The summed E-state index contributed by atoms with van der Waals surface area (Å²) < 4.78 is 7.81. The van der Waals surface area contributed by atoms with Crippen LogP contribution in [0.1, 0.15) is 47.6 Å². The molecule has 6 aromatic rings. The molecule has 1 aliphatic heterocycles. The highest BCUT2D eigenvalue weighted by Crippen LogP contribution is 2.44. The smallest absolute Gasteiger partial charge is 0.148 e. The Morgan fingerprint density at radius 3 is 2.35 bits per heavy atom. The summed E-state index contributed by atoms with van der Waals surface area (Å²) in [6.45, 7) is 4.64. The van der Waals surface area contributed by atoms with Crippen molar-refractivity contribution in [2.75, 3.05) is 0 Å². The monoisotopic (exact) mass is 690 g/mol. The van der Waals surface area contributed by atoms with E-state index < -0.39 is 0 Å². The molecule has 9 rings (SSSR count). The molecule has 2 aromatic heterocycles. The van der Waals surface area contributed by atoms with Gasteiger partial charge in [0, 0.05) is 28.0 Å². The van der Waals surface area contributed by atoms with Crippen LogP contribution in [0, 0.1) is 5.92 Å². The number of benzene rings is 4. The predicted octanol–water partition coefficient (Wildman–Crippen LogP) is 12.8. The van der Waals surface area contributed by atoms with Gasteiger partial charge in [0.05, 0.1) is 11.8 Å². The second kappa shape index (κ2) is 14.1. The Kier molecular flexibility index (Phi) is 8.67. The van der Waals surface area contributed by atoms with Crippen molar-refractivity contribution in [3.63, 3.8) is 0 Å². The first-order chi connectivity index (χ1) is 25.7. The Morgan fingerprint density at radius 1 is 0.731 bits per heavy atom. The molecular weight excluding hydrogens is 653 g/mol. The van der Waals surface area contributed by atoms with Crippen LogP contribution in [0.25, 0.3) is 44.3 Å². The van der Waals surface area contributed by atoms with Crippen LogP contribution in [0.15, 0.2) is 183 Å². The molecule has 0 amide bonds. The van der Waals surface area contributed by atoms with Gasteiger partial charge < -0.3 is 4.42 Å². The first-order valence-electron chi connectivity index (χ1n) is 18.0. The summed E-state index contributed by atoms with van der Waals surface area (Å²) in [5.74, 6) is 2.36. The molecule has 3 aliphatic rings. The Bertz CT molecular complexity index is 2520. The number of nitrogens with zero attached hydrogens (tertiary/aromatic N) is 2. The predicted molar refractivity (Wildman–Crippen MR) is 221 cm³/mol. The third kappa shape index (κ3) is 6.31. The first-order valence-corrected chi connectivity index (χ1v) is 18.9. The summed E-state index contributed by atoms with van der Waals surface area (Å²) in [7, 11) is 0. The van der Waals surface area contributed by atoms with E-state index in [1.54, 1.807) is 11.3 Å². The van der Waals surface area contributed by atoms with Crippen LogP contribution >= 0.6 is 11.3 Å². The fourth-order valence-electron chi connectivity index (χ4n) is 7.75. The lowest BCUT2D eigenvalue weighted by Gasteiger charge is -2.28. The maximum absolute atomic E-state index is 6.52. The van der Waals surface area contributed by atoms with E-state index in [-0.39, 0.29) is 12.0 Å². The van der Waals surface area contributed by atoms with Gasteiger partial charge in [-0.1, -0.05) is 146 Å². The van der Waals surface area contributed by atoms with Crippen molar-refractivity contribution in [1.29, 1.82) is 0 Å². The molecule has 3 unspecified atom stereocenters. The topological polar surface area (TPSA) is 37.9 Å². The van der Waals surface area contributed by atoms with Gasteiger partial charge in [-0.25, -0.2) is 4.99 Å². The van der Waals surface area contributed by atoms with Gasteiger partial charge in [0.15, 0.2) is 0 Å². The van der Waals surface area contributed by atoms with Crippen molar-refractivity contribution in [2.24, 2.45) is 15.9 Å². The highest BCUT2D eigenvalue weighted by molar-refractivity contribution is 7.17. The molecule has 4 aromatic carbocycles. The largest absolute Gasteiger partial charge is 0.460 e. The third-order valence-corrected chi connectivity index (χ3v) is 11.4. The molecule has 4 heteroatoms. The fourth-order valence-corrected chi connectivity index (χ4v) is 8.68. The summed E-state index contributed by atoms with van der Waals surface area (Å²) in [6.07, 6.45) is 22.4. The maximum Gasteiger partial charge on any atom is 0.148 e. The zero-order chi connectivity index (χ0) is 34.9. The van der Waals surface area contributed by atoms with Crippen LogP contribution in [0.5, 0.6) is 0 Å². The number of thiophene rings is 1. The highest BCUT2D eigenvalue weighted by Gasteiger charge is 2.32. The minimum Gasteiger partial charge on any atom is -0.460 e. The van der Waals surface area contributed by atoms with E-state index in [0.717, 1.165) is 41.0 Å². The van der Waals surface area contributed by atoms with Crippen LogP contribution in [0.4, 0.5) is 0 Å². The Hall–Kier alpha value is -5.84. The molecule has 0 radical (unpaired) electrons. The number of allylic oxidation sites excluding steroid dienone is 5. The molecule has 0 N–H and O–H groups in total. The van der Waals surface area contributed by atoms with Crippen molar-refractivity contribution in [3.8, 4) is 11.1 Å². The lowest BCUT2D eigenvalue weighted by molar-refractivity contribution is 0.412. The van der Waals surface area contributed by atoms with Gasteiger partial charge in [0.25, 0.3) is 0 Å². The van der Waals surface area contributed by atoms with Crippen molar-refractivity contribution in [3.05, 3.63) is 191 Å². The van der Waals surface area contributed by atoms with Crippen LogP contribution in [-0.4, -0.2) is 17.6 Å². The molecule has 3 heterocycles. The molecule has 0 bridgehead atoms. The average Bonchev–Trinajstić information content (AvgIpc) is 3.75. The van der Waals surface area contributed by atoms with Crippen molar-refractivity contribution in [2.45, 2.75) is 31.2 Å². The van der Waals surface area contributed by atoms with E-state index in [1.807, 2.05) is 18.2 Å². The quantitative estimate of drug-likeness (QED) is 0.121. The van der Waals surface area contributed by atoms with Crippen LogP contribution in [-0.2, 0) is 0 Å². The SMILES string of the molecule is C=C1CC(c2ccc(-c3ccccc3)cc2)=NC(/C=C/C=C\c2csc3ccccc23)=NC1C1=CC(C2CC=Cc3c2oc2ccccc32)CC=C1. The molecule has 252 valence electrons. The molecule has 0 saturated heterocycles. The summed E-state index contributed by atoms with van der Waals surface area (Å²) in [5, 5.41) is 4.67. The summed E-state index contributed by atoms with van der Waals surface area (Å²) in [6, 6.07) is 35.9. The van der Waals surface area contributed by atoms with Gasteiger partial charge in [0.1, 0.15) is 17.2 Å². The summed E-state index contributed by atoms with van der Waals surface area (Å²) in [5.41, 5.74) is 10.1. The molecule has 2 aliphatic carbocycles. The van der Waals surface area contributed by atoms with Gasteiger partial charge in [-0.3, -0.25) is 4.99 Å². The van der Waals surface area contributed by atoms with Gasteiger partial charge >= 0.3 is 0 Å². The zero-order valence-corrected chi connectivity index (χ0v) is 29.7. The number of para-hydroxylation sites is 1. The normalized spacial score (nSPS) is 20.3. The Labute approximate surface area is 308 Å². The number of hydrogen-bond donors (Lipinski definition) is 0. The maximum atomic E-state index is 6.52. The number of amidine groups is 1. The number of furan rings is 1. The number of rotatable bonds is 7. The lowest BCUT2D eigenvalue weighted by atomic mass is 9.77. The lowest BCUT2D eigenvalue weighted by Crippen LogP contribution is -2.19. The molecule has 0 fully saturated rings. The van der Waals surface area contributed by atoms with E-state index in [0.29, 0.717) is 18.2 Å². The van der Waals surface area contributed by atoms with Crippen molar-refractivity contribution < 1.29 is 4.42 Å². The Morgan fingerprint density at radius 2 is 1.46 bits per heavy atom.